The molecule has 0 radical (unpaired) electrons. The zero-order valence-corrected chi connectivity index (χ0v) is 28.7. The molecule has 3 N–H and O–H groups in total. The van der Waals surface area contributed by atoms with E-state index in [1.807, 2.05) is 13.0 Å². The fraction of sp³-hybridized carbons (Fsp3) is 0.816. The van der Waals surface area contributed by atoms with Crippen LogP contribution in [0.2, 0.25) is 0 Å². The van der Waals surface area contributed by atoms with Crippen LogP contribution in [0.25, 0.3) is 0 Å². The fourth-order valence-corrected chi connectivity index (χ4v) is 6.59. The standard InChI is InChI=1S/C38H66O6/c1-6-7-8-9-10-11-12-13-14-15-16-17-18-19-20-23-35(40)43-29-31(22-21-25-37(3,4)41)32-24-26-38(5,42)36-34(44-36)27-30(2)33(32)28-39/h21-22,25,32-34,36,39,41-42H,2,6-20,23-24,26-29H2,1,3-5H3/b25-21+,31-22-/t32-,33+,34-,36-,38+/m1/s1. The Labute approximate surface area is 269 Å². The van der Waals surface area contributed by atoms with E-state index in [0.717, 1.165) is 30.4 Å². The molecule has 254 valence electrons. The lowest BCUT2D eigenvalue weighted by Gasteiger charge is -2.31. The third kappa shape index (κ3) is 15.7. The highest BCUT2D eigenvalue weighted by Crippen LogP contribution is 2.45. The first kappa shape index (κ1) is 38.7. The third-order valence-corrected chi connectivity index (χ3v) is 9.50. The van der Waals surface area contributed by atoms with Crippen molar-refractivity contribution in [2.24, 2.45) is 11.8 Å². The van der Waals surface area contributed by atoms with Crippen molar-refractivity contribution in [1.29, 1.82) is 0 Å². The molecule has 1 aliphatic carbocycles. The average molecular weight is 619 g/mol. The normalized spacial score (nSPS) is 26.2. The van der Waals surface area contributed by atoms with Crippen LogP contribution < -0.4 is 0 Å². The number of rotatable bonds is 22. The second-order valence-corrected chi connectivity index (χ2v) is 14.4. The maximum atomic E-state index is 12.7. The lowest BCUT2D eigenvalue weighted by Crippen LogP contribution is -2.33. The number of aliphatic hydroxyl groups excluding tert-OH is 1. The van der Waals surface area contributed by atoms with Gasteiger partial charge in [-0.15, -0.1) is 0 Å². The first-order valence-electron chi connectivity index (χ1n) is 17.9. The van der Waals surface area contributed by atoms with Gasteiger partial charge in [0.05, 0.1) is 23.9 Å². The predicted octanol–water partition coefficient (Wildman–Crippen LogP) is 8.53. The summed E-state index contributed by atoms with van der Waals surface area (Å²) in [6.45, 7) is 11.8. The third-order valence-electron chi connectivity index (χ3n) is 9.50. The highest BCUT2D eigenvalue weighted by molar-refractivity contribution is 5.69. The molecule has 1 aliphatic heterocycles. The van der Waals surface area contributed by atoms with Crippen molar-refractivity contribution < 1.29 is 29.6 Å². The van der Waals surface area contributed by atoms with Gasteiger partial charge in [-0.3, -0.25) is 4.79 Å². The minimum Gasteiger partial charge on any atom is -0.461 e. The van der Waals surface area contributed by atoms with E-state index in [1.165, 1.54) is 77.0 Å². The molecule has 5 atom stereocenters. The average Bonchev–Trinajstić information content (AvgIpc) is 3.74. The van der Waals surface area contributed by atoms with E-state index in [4.69, 9.17) is 9.47 Å². The molecule has 2 aliphatic rings. The summed E-state index contributed by atoms with van der Waals surface area (Å²) in [5.41, 5.74) is -0.190. The maximum absolute atomic E-state index is 12.7. The van der Waals surface area contributed by atoms with Gasteiger partial charge >= 0.3 is 5.97 Å². The highest BCUT2D eigenvalue weighted by atomic mass is 16.6. The van der Waals surface area contributed by atoms with Gasteiger partial charge in [0, 0.05) is 12.3 Å². The van der Waals surface area contributed by atoms with Crippen LogP contribution >= 0.6 is 0 Å². The van der Waals surface area contributed by atoms with E-state index in [0.29, 0.717) is 25.7 Å². The molecular formula is C38H66O6. The van der Waals surface area contributed by atoms with Gasteiger partial charge in [-0.1, -0.05) is 127 Å². The van der Waals surface area contributed by atoms with Crippen LogP contribution in [-0.2, 0) is 14.3 Å². The molecule has 1 heterocycles. The summed E-state index contributed by atoms with van der Waals surface area (Å²) in [6.07, 6.45) is 26.5. The number of unbranched alkanes of at least 4 members (excludes halogenated alkanes) is 14. The number of allylic oxidation sites excluding steroid dienone is 2. The zero-order chi connectivity index (χ0) is 32.4. The molecule has 1 saturated carbocycles. The molecule has 0 aromatic rings. The number of ether oxygens (including phenoxy) is 2. The molecule has 2 rings (SSSR count). The summed E-state index contributed by atoms with van der Waals surface area (Å²) in [5.74, 6) is -0.590. The molecule has 0 bridgehead atoms. The van der Waals surface area contributed by atoms with E-state index in [2.05, 4.69) is 13.5 Å². The SMILES string of the molecule is C=C1C[C@H]2O[C@H]2[C@@](C)(O)CC[C@H](/C(=C\C=C\C(C)(C)O)COC(=O)CCCCCCCCCCCCCCCCC)[C@H]1CO. The van der Waals surface area contributed by atoms with Crippen molar-refractivity contribution >= 4 is 5.97 Å². The van der Waals surface area contributed by atoms with Gasteiger partial charge in [-0.25, -0.2) is 0 Å². The van der Waals surface area contributed by atoms with Crippen molar-refractivity contribution in [3.05, 3.63) is 36.0 Å². The van der Waals surface area contributed by atoms with Crippen molar-refractivity contribution in [2.75, 3.05) is 13.2 Å². The molecule has 1 saturated heterocycles. The Balaban J connectivity index is 1.76. The van der Waals surface area contributed by atoms with Crippen molar-refractivity contribution in [3.8, 4) is 0 Å². The number of hydrogen-bond acceptors (Lipinski definition) is 6. The zero-order valence-electron chi connectivity index (χ0n) is 28.7. The van der Waals surface area contributed by atoms with Crippen molar-refractivity contribution in [3.63, 3.8) is 0 Å². The minimum atomic E-state index is -0.980. The summed E-state index contributed by atoms with van der Waals surface area (Å²) < 4.78 is 11.5. The smallest absolute Gasteiger partial charge is 0.306 e. The predicted molar refractivity (Wildman–Crippen MR) is 180 cm³/mol. The van der Waals surface area contributed by atoms with Crippen LogP contribution in [0.1, 0.15) is 150 Å². The second kappa shape index (κ2) is 20.6. The monoisotopic (exact) mass is 618 g/mol. The summed E-state index contributed by atoms with van der Waals surface area (Å²) in [4.78, 5) is 12.7. The molecule has 2 fully saturated rings. The molecule has 6 nitrogen and oxygen atoms in total. The van der Waals surface area contributed by atoms with Gasteiger partial charge in [-0.2, -0.15) is 0 Å². The number of epoxide rings is 1. The summed E-state index contributed by atoms with van der Waals surface area (Å²) in [5, 5.41) is 31.6. The summed E-state index contributed by atoms with van der Waals surface area (Å²) in [6, 6.07) is 0. The summed E-state index contributed by atoms with van der Waals surface area (Å²) in [7, 11) is 0. The lowest BCUT2D eigenvalue weighted by atomic mass is 9.77. The Kier molecular flexibility index (Phi) is 18.1. The number of fused-ring (bicyclic) bond motifs is 1. The van der Waals surface area contributed by atoms with E-state index >= 15 is 0 Å². The Morgan fingerprint density at radius 3 is 2.07 bits per heavy atom. The Morgan fingerprint density at radius 1 is 1.00 bits per heavy atom. The van der Waals surface area contributed by atoms with Crippen LogP contribution in [0.3, 0.4) is 0 Å². The first-order valence-corrected chi connectivity index (χ1v) is 17.9. The molecule has 0 amide bonds. The van der Waals surface area contributed by atoms with Crippen molar-refractivity contribution in [1.82, 2.24) is 0 Å². The van der Waals surface area contributed by atoms with Crippen molar-refractivity contribution in [2.45, 2.75) is 173 Å². The number of aliphatic hydroxyl groups is 3. The molecule has 0 unspecified atom stereocenters. The molecule has 0 spiro atoms. The summed E-state index contributed by atoms with van der Waals surface area (Å²) >= 11 is 0. The number of carbonyl (C=O) groups is 1. The minimum absolute atomic E-state index is 0.0689. The number of hydrogen-bond donors (Lipinski definition) is 3. The number of esters is 1. The van der Waals surface area contributed by atoms with E-state index in [9.17, 15) is 20.1 Å². The molecule has 0 aromatic carbocycles. The van der Waals surface area contributed by atoms with Crippen LogP contribution in [0.4, 0.5) is 0 Å². The van der Waals surface area contributed by atoms with Crippen LogP contribution in [0, 0.1) is 11.8 Å². The van der Waals surface area contributed by atoms with Gasteiger partial charge in [0.2, 0.25) is 0 Å². The van der Waals surface area contributed by atoms with Gasteiger partial charge in [0.1, 0.15) is 12.7 Å². The van der Waals surface area contributed by atoms with Crippen LogP contribution in [-0.4, -0.2) is 57.9 Å². The molecular weight excluding hydrogens is 552 g/mol. The van der Waals surface area contributed by atoms with E-state index < -0.39 is 11.2 Å². The fourth-order valence-electron chi connectivity index (χ4n) is 6.59. The van der Waals surface area contributed by atoms with Gasteiger partial charge in [0.15, 0.2) is 0 Å². The van der Waals surface area contributed by atoms with Crippen LogP contribution in [0.5, 0.6) is 0 Å². The Morgan fingerprint density at radius 2 is 1.55 bits per heavy atom. The largest absolute Gasteiger partial charge is 0.461 e. The molecule has 44 heavy (non-hydrogen) atoms. The molecule has 0 aromatic heterocycles. The Bertz CT molecular complexity index is 882. The van der Waals surface area contributed by atoms with E-state index in [1.54, 1.807) is 26.0 Å². The highest BCUT2D eigenvalue weighted by Gasteiger charge is 2.52. The number of carbonyl (C=O) groups excluding carboxylic acids is 1. The van der Waals surface area contributed by atoms with Crippen LogP contribution in [0.15, 0.2) is 36.0 Å². The second-order valence-electron chi connectivity index (χ2n) is 14.4. The quantitative estimate of drug-likeness (QED) is 0.0370. The molecule has 6 heteroatoms. The van der Waals surface area contributed by atoms with Gasteiger partial charge in [0.25, 0.3) is 0 Å². The maximum Gasteiger partial charge on any atom is 0.306 e. The Hall–Kier alpha value is -1.47. The van der Waals surface area contributed by atoms with Gasteiger partial charge in [-0.05, 0) is 57.9 Å². The van der Waals surface area contributed by atoms with E-state index in [-0.39, 0.29) is 43.2 Å². The topological polar surface area (TPSA) is 99.5 Å². The van der Waals surface area contributed by atoms with Gasteiger partial charge < -0.3 is 24.8 Å². The first-order chi connectivity index (χ1) is 21.0. The lowest BCUT2D eigenvalue weighted by molar-refractivity contribution is -0.143.